The lowest BCUT2D eigenvalue weighted by Gasteiger charge is -2.10. The summed E-state index contributed by atoms with van der Waals surface area (Å²) < 4.78 is 10.7. The second-order valence-electron chi connectivity index (χ2n) is 3.60. The predicted molar refractivity (Wildman–Crippen MR) is 66.5 cm³/mol. The zero-order valence-corrected chi connectivity index (χ0v) is 10.3. The van der Waals surface area contributed by atoms with Crippen LogP contribution in [0.25, 0.3) is 0 Å². The van der Waals surface area contributed by atoms with Gasteiger partial charge < -0.3 is 14.8 Å². The highest BCUT2D eigenvalue weighted by molar-refractivity contribution is 5.46. The van der Waals surface area contributed by atoms with E-state index in [9.17, 15) is 4.79 Å². The van der Waals surface area contributed by atoms with Gasteiger partial charge >= 0.3 is 0 Å². The lowest BCUT2D eigenvalue weighted by atomic mass is 10.2. The highest BCUT2D eigenvalue weighted by atomic mass is 16.5. The third-order valence-corrected chi connectivity index (χ3v) is 2.35. The Morgan fingerprint density at radius 2 is 2.22 bits per heavy atom. The molecule has 1 aromatic rings. The van der Waals surface area contributed by atoms with Crippen molar-refractivity contribution in [2.75, 3.05) is 20.3 Å². The normalized spacial score (nSPS) is 9.33. The second-order valence-corrected chi connectivity index (χ2v) is 3.60. The summed E-state index contributed by atoms with van der Waals surface area (Å²) in [5, 5.41) is 11.4. The maximum Gasteiger partial charge on any atom is 0.207 e. The van der Waals surface area contributed by atoms with E-state index in [0.717, 1.165) is 12.8 Å². The molecule has 1 rings (SSSR count). The van der Waals surface area contributed by atoms with Crippen molar-refractivity contribution in [1.82, 2.24) is 5.32 Å². The number of unbranched alkanes of at least 4 members (excludes halogenated alkanes) is 1. The van der Waals surface area contributed by atoms with Gasteiger partial charge in [0.1, 0.15) is 0 Å². The van der Waals surface area contributed by atoms with E-state index in [1.54, 1.807) is 18.2 Å². The van der Waals surface area contributed by atoms with Gasteiger partial charge in [-0.25, -0.2) is 0 Å². The number of nitriles is 1. The van der Waals surface area contributed by atoms with Crippen molar-refractivity contribution in [3.63, 3.8) is 0 Å². The summed E-state index contributed by atoms with van der Waals surface area (Å²) in [5.41, 5.74) is 0.536. The Kier molecular flexibility index (Phi) is 6.12. The largest absolute Gasteiger partial charge is 0.493 e. The van der Waals surface area contributed by atoms with Crippen LogP contribution in [0.15, 0.2) is 18.2 Å². The minimum absolute atomic E-state index is 0.536. The average molecular weight is 248 g/mol. The van der Waals surface area contributed by atoms with E-state index in [0.29, 0.717) is 36.6 Å². The first kappa shape index (κ1) is 13.8. The number of carbonyl (C=O) groups is 1. The van der Waals surface area contributed by atoms with E-state index in [1.807, 2.05) is 6.07 Å². The fourth-order valence-electron chi connectivity index (χ4n) is 1.43. The van der Waals surface area contributed by atoms with E-state index >= 15 is 0 Å². The number of nitrogens with zero attached hydrogens (tertiary/aromatic N) is 1. The molecule has 1 aromatic carbocycles. The van der Waals surface area contributed by atoms with Crippen LogP contribution in [-0.4, -0.2) is 26.7 Å². The molecule has 0 spiro atoms. The van der Waals surface area contributed by atoms with Crippen LogP contribution in [0, 0.1) is 11.3 Å². The minimum atomic E-state index is 0.536. The van der Waals surface area contributed by atoms with Gasteiger partial charge in [0.25, 0.3) is 0 Å². The van der Waals surface area contributed by atoms with Gasteiger partial charge in [-0.15, -0.1) is 0 Å². The number of nitrogens with one attached hydrogen (secondary N) is 1. The van der Waals surface area contributed by atoms with Crippen molar-refractivity contribution in [1.29, 1.82) is 5.26 Å². The van der Waals surface area contributed by atoms with Gasteiger partial charge in [0.2, 0.25) is 6.41 Å². The Morgan fingerprint density at radius 3 is 2.89 bits per heavy atom. The number of ether oxygens (including phenoxy) is 2. The standard InChI is InChI=1S/C13H16N2O3/c1-17-13-8-11(9-14)4-5-12(13)18-7-3-2-6-15-10-16/h4-5,8,10H,2-3,6-7H2,1H3,(H,15,16). The van der Waals surface area contributed by atoms with Crippen LogP contribution in [-0.2, 0) is 4.79 Å². The van der Waals surface area contributed by atoms with Gasteiger partial charge in [-0.3, -0.25) is 4.79 Å². The van der Waals surface area contributed by atoms with E-state index in [1.165, 1.54) is 7.11 Å². The highest BCUT2D eigenvalue weighted by Gasteiger charge is 2.05. The molecule has 96 valence electrons. The number of methoxy groups -OCH3 is 1. The van der Waals surface area contributed by atoms with Crippen LogP contribution in [0.1, 0.15) is 18.4 Å². The number of carbonyl (C=O) groups excluding carboxylic acids is 1. The van der Waals surface area contributed by atoms with Crippen LogP contribution >= 0.6 is 0 Å². The summed E-state index contributed by atoms with van der Waals surface area (Å²) in [4.78, 5) is 10.0. The van der Waals surface area contributed by atoms with Crippen molar-refractivity contribution in [2.24, 2.45) is 0 Å². The average Bonchev–Trinajstić information content (AvgIpc) is 2.42. The van der Waals surface area contributed by atoms with Crippen LogP contribution in [0.3, 0.4) is 0 Å². The van der Waals surface area contributed by atoms with Gasteiger partial charge in [0.15, 0.2) is 11.5 Å². The molecule has 1 amide bonds. The van der Waals surface area contributed by atoms with Crippen molar-refractivity contribution < 1.29 is 14.3 Å². The van der Waals surface area contributed by atoms with Gasteiger partial charge in [-0.2, -0.15) is 5.26 Å². The third-order valence-electron chi connectivity index (χ3n) is 2.35. The SMILES string of the molecule is COc1cc(C#N)ccc1OCCCCNC=O. The van der Waals surface area contributed by atoms with Gasteiger partial charge in [-0.05, 0) is 25.0 Å². The topological polar surface area (TPSA) is 71.3 Å². The molecular weight excluding hydrogens is 232 g/mol. The molecule has 0 heterocycles. The van der Waals surface area contributed by atoms with E-state index in [4.69, 9.17) is 14.7 Å². The number of benzene rings is 1. The zero-order valence-electron chi connectivity index (χ0n) is 10.3. The van der Waals surface area contributed by atoms with Crippen LogP contribution in [0.2, 0.25) is 0 Å². The number of hydrogen-bond acceptors (Lipinski definition) is 4. The van der Waals surface area contributed by atoms with Crippen molar-refractivity contribution in [3.8, 4) is 17.6 Å². The molecule has 0 saturated heterocycles. The summed E-state index contributed by atoms with van der Waals surface area (Å²) in [7, 11) is 1.54. The van der Waals surface area contributed by atoms with Crippen molar-refractivity contribution in [3.05, 3.63) is 23.8 Å². The molecule has 0 bridgehead atoms. The van der Waals surface area contributed by atoms with Gasteiger partial charge in [0.05, 0.1) is 25.3 Å². The molecule has 0 radical (unpaired) electrons. The molecule has 0 fully saturated rings. The molecule has 0 aromatic heterocycles. The smallest absolute Gasteiger partial charge is 0.207 e. The molecule has 0 aliphatic rings. The van der Waals surface area contributed by atoms with Gasteiger partial charge in [-0.1, -0.05) is 0 Å². The first-order valence-electron chi connectivity index (χ1n) is 5.69. The fraction of sp³-hybridized carbons (Fsp3) is 0.385. The maximum absolute atomic E-state index is 10.0. The predicted octanol–water partition coefficient (Wildman–Crippen LogP) is 1.47. The van der Waals surface area contributed by atoms with Gasteiger partial charge in [0, 0.05) is 12.6 Å². The monoisotopic (exact) mass is 248 g/mol. The van der Waals surface area contributed by atoms with E-state index in [-0.39, 0.29) is 0 Å². The maximum atomic E-state index is 10.0. The number of rotatable bonds is 8. The van der Waals surface area contributed by atoms with E-state index in [2.05, 4.69) is 5.32 Å². The lowest BCUT2D eigenvalue weighted by molar-refractivity contribution is -0.109. The quantitative estimate of drug-likeness (QED) is 0.558. The van der Waals surface area contributed by atoms with Crippen LogP contribution < -0.4 is 14.8 Å². The molecular formula is C13H16N2O3. The Labute approximate surface area is 106 Å². The summed E-state index contributed by atoms with van der Waals surface area (Å²) in [5.74, 6) is 1.18. The number of amides is 1. The molecule has 1 N–H and O–H groups in total. The van der Waals surface area contributed by atoms with Crippen LogP contribution in [0.5, 0.6) is 11.5 Å². The molecule has 0 saturated carbocycles. The summed E-state index contributed by atoms with van der Waals surface area (Å²) in [6.07, 6.45) is 2.38. The molecule has 18 heavy (non-hydrogen) atoms. The highest BCUT2D eigenvalue weighted by Crippen LogP contribution is 2.27. The molecule has 0 aliphatic heterocycles. The number of hydrogen-bond donors (Lipinski definition) is 1. The lowest BCUT2D eigenvalue weighted by Crippen LogP contribution is -2.13. The minimum Gasteiger partial charge on any atom is -0.493 e. The third kappa shape index (κ3) is 4.34. The summed E-state index contributed by atoms with van der Waals surface area (Å²) in [6.45, 7) is 1.19. The Bertz CT molecular complexity index is 427. The zero-order chi connectivity index (χ0) is 13.2. The Hall–Kier alpha value is -2.22. The molecule has 0 unspecified atom stereocenters. The summed E-state index contributed by atoms with van der Waals surface area (Å²) >= 11 is 0. The van der Waals surface area contributed by atoms with E-state index < -0.39 is 0 Å². The Morgan fingerprint density at radius 1 is 1.39 bits per heavy atom. The first-order valence-corrected chi connectivity index (χ1v) is 5.69. The Balaban J connectivity index is 2.42. The van der Waals surface area contributed by atoms with Crippen molar-refractivity contribution >= 4 is 6.41 Å². The molecule has 0 atom stereocenters. The van der Waals surface area contributed by atoms with Crippen molar-refractivity contribution in [2.45, 2.75) is 12.8 Å². The van der Waals surface area contributed by atoms with Crippen LogP contribution in [0.4, 0.5) is 0 Å². The summed E-state index contributed by atoms with van der Waals surface area (Å²) in [6, 6.07) is 7.09. The molecule has 5 heteroatoms. The first-order chi connectivity index (χ1) is 8.81. The molecule has 0 aliphatic carbocycles. The second kappa shape index (κ2) is 7.96. The molecule has 5 nitrogen and oxygen atoms in total. The fourth-order valence-corrected chi connectivity index (χ4v) is 1.43.